The molecule has 4 nitrogen and oxygen atoms in total. The zero-order chi connectivity index (χ0) is 13.1. The van der Waals surface area contributed by atoms with E-state index in [0.29, 0.717) is 19.7 Å². The van der Waals surface area contributed by atoms with Crippen LogP contribution in [0.4, 0.5) is 0 Å². The fraction of sp³-hybridized carbons (Fsp3) is 0.615. The van der Waals surface area contributed by atoms with Crippen molar-refractivity contribution >= 4 is 17.2 Å². The van der Waals surface area contributed by atoms with Crippen LogP contribution in [0.5, 0.6) is 0 Å². The van der Waals surface area contributed by atoms with E-state index in [1.165, 1.54) is 9.75 Å². The first-order valence-electron chi connectivity index (χ1n) is 6.28. The lowest BCUT2D eigenvalue weighted by Crippen LogP contribution is -2.33. The van der Waals surface area contributed by atoms with Crippen LogP contribution in [-0.4, -0.2) is 36.6 Å². The van der Waals surface area contributed by atoms with Crippen LogP contribution in [0.2, 0.25) is 0 Å². The Morgan fingerprint density at radius 1 is 1.56 bits per heavy atom. The largest absolute Gasteiger partial charge is 0.377 e. The van der Waals surface area contributed by atoms with E-state index in [1.807, 2.05) is 18.7 Å². The Bertz CT molecular complexity index is 417. The minimum atomic E-state index is 0.0203. The van der Waals surface area contributed by atoms with Crippen molar-refractivity contribution in [2.75, 3.05) is 19.7 Å². The van der Waals surface area contributed by atoms with Crippen LogP contribution in [0.1, 0.15) is 29.8 Å². The average Bonchev–Trinajstić information content (AvgIpc) is 2.86. The second kappa shape index (κ2) is 5.82. The average molecular weight is 268 g/mol. The maximum Gasteiger partial charge on any atom is 0.238 e. The number of amides is 1. The quantitative estimate of drug-likeness (QED) is 0.887. The molecule has 1 amide bonds. The topological polar surface area (TPSA) is 41.6 Å². The lowest BCUT2D eigenvalue weighted by Gasteiger charge is -2.23. The molecule has 1 saturated heterocycles. The van der Waals surface area contributed by atoms with Crippen LogP contribution in [0.25, 0.3) is 0 Å². The number of nitrogens with one attached hydrogen (secondary N) is 1. The number of carbonyl (C=O) groups is 1. The van der Waals surface area contributed by atoms with E-state index in [9.17, 15) is 4.79 Å². The first kappa shape index (κ1) is 13.5. The summed E-state index contributed by atoms with van der Waals surface area (Å²) >= 11 is 1.73. The second-order valence-corrected chi connectivity index (χ2v) is 6.06. The van der Waals surface area contributed by atoms with E-state index in [0.717, 1.165) is 0 Å². The van der Waals surface area contributed by atoms with Crippen molar-refractivity contribution in [1.82, 2.24) is 10.2 Å². The van der Waals surface area contributed by atoms with Crippen molar-refractivity contribution in [3.63, 3.8) is 0 Å². The highest BCUT2D eigenvalue weighted by Gasteiger charge is 2.31. The fourth-order valence-electron chi connectivity index (χ4n) is 2.03. The Kier molecular flexibility index (Phi) is 4.37. The van der Waals surface area contributed by atoms with Gasteiger partial charge in [-0.15, -0.1) is 11.3 Å². The number of aryl methyl sites for hydroxylation is 1. The molecule has 2 heterocycles. The summed E-state index contributed by atoms with van der Waals surface area (Å²) in [5.74, 6) is 0.151. The molecule has 100 valence electrons. The highest BCUT2D eigenvalue weighted by Crippen LogP contribution is 2.28. The molecule has 1 N–H and O–H groups in total. The summed E-state index contributed by atoms with van der Waals surface area (Å²) in [4.78, 5) is 16.2. The predicted octanol–water partition coefficient (Wildman–Crippen LogP) is 1.91. The number of hydrogen-bond acceptors (Lipinski definition) is 4. The molecular formula is C13H20N2O2S. The molecule has 0 aliphatic carbocycles. The number of rotatable bonds is 5. The minimum absolute atomic E-state index is 0.0203. The number of nitrogens with zero attached hydrogens (tertiary/aromatic N) is 1. The number of hydrogen-bond donors (Lipinski definition) is 1. The molecule has 1 aromatic heterocycles. The Balaban J connectivity index is 1.99. The summed E-state index contributed by atoms with van der Waals surface area (Å²) in [5.41, 5.74) is 0. The first-order chi connectivity index (χ1) is 8.58. The Hall–Kier alpha value is -0.910. The molecule has 0 aromatic carbocycles. The zero-order valence-corrected chi connectivity index (χ0v) is 11.9. The molecule has 1 unspecified atom stereocenters. The van der Waals surface area contributed by atoms with Crippen LogP contribution < -0.4 is 5.32 Å². The lowest BCUT2D eigenvalue weighted by atomic mass is 10.3. The van der Waals surface area contributed by atoms with Crippen molar-refractivity contribution in [3.8, 4) is 0 Å². The van der Waals surface area contributed by atoms with Gasteiger partial charge in [0, 0.05) is 16.3 Å². The Morgan fingerprint density at radius 2 is 2.33 bits per heavy atom. The van der Waals surface area contributed by atoms with E-state index in [2.05, 4.69) is 24.4 Å². The Labute approximate surface area is 112 Å². The molecule has 0 saturated carbocycles. The van der Waals surface area contributed by atoms with E-state index in [4.69, 9.17) is 4.74 Å². The normalized spacial score (nSPS) is 20.1. The van der Waals surface area contributed by atoms with Gasteiger partial charge in [-0.1, -0.05) is 0 Å². The van der Waals surface area contributed by atoms with Crippen LogP contribution >= 0.6 is 11.3 Å². The summed E-state index contributed by atoms with van der Waals surface area (Å²) in [5, 5.41) is 3.26. The number of thiophene rings is 1. The van der Waals surface area contributed by atoms with Crippen molar-refractivity contribution in [1.29, 1.82) is 0 Å². The molecule has 2 rings (SSSR count). The van der Waals surface area contributed by atoms with Crippen LogP contribution in [0.3, 0.4) is 0 Å². The number of ether oxygens (including phenoxy) is 1. The number of carbonyl (C=O) groups excluding carboxylic acids is 1. The molecule has 18 heavy (non-hydrogen) atoms. The van der Waals surface area contributed by atoms with Gasteiger partial charge in [0.15, 0.2) is 0 Å². The van der Waals surface area contributed by atoms with E-state index in [1.54, 1.807) is 11.3 Å². The third-order valence-corrected chi connectivity index (χ3v) is 3.95. The maximum atomic E-state index is 11.9. The molecule has 1 fully saturated rings. The predicted molar refractivity (Wildman–Crippen MR) is 72.6 cm³/mol. The van der Waals surface area contributed by atoms with Crippen LogP contribution in [-0.2, 0) is 9.53 Å². The third kappa shape index (κ3) is 3.10. The summed E-state index contributed by atoms with van der Waals surface area (Å²) in [6.45, 7) is 7.74. The Morgan fingerprint density at radius 3 is 2.94 bits per heavy atom. The van der Waals surface area contributed by atoms with Gasteiger partial charge in [-0.25, -0.2) is 0 Å². The molecule has 1 aromatic rings. The molecular weight excluding hydrogens is 248 g/mol. The summed E-state index contributed by atoms with van der Waals surface area (Å²) in [6.07, 6.45) is 0.227. The zero-order valence-electron chi connectivity index (χ0n) is 11.1. The smallest absolute Gasteiger partial charge is 0.238 e. The highest BCUT2D eigenvalue weighted by molar-refractivity contribution is 7.12. The summed E-state index contributed by atoms with van der Waals surface area (Å²) in [6, 6.07) is 4.18. The lowest BCUT2D eigenvalue weighted by molar-refractivity contribution is -0.129. The van der Waals surface area contributed by atoms with E-state index >= 15 is 0 Å². The SMILES string of the molecule is Cc1ccc(C2NCC(=O)N2CCOC(C)C)s1. The van der Waals surface area contributed by atoms with Gasteiger partial charge in [0.05, 0.1) is 19.3 Å². The molecule has 1 aliphatic heterocycles. The second-order valence-electron chi connectivity index (χ2n) is 4.74. The van der Waals surface area contributed by atoms with Gasteiger partial charge in [-0.2, -0.15) is 0 Å². The van der Waals surface area contributed by atoms with Crippen molar-refractivity contribution < 1.29 is 9.53 Å². The van der Waals surface area contributed by atoms with Crippen molar-refractivity contribution in [3.05, 3.63) is 21.9 Å². The van der Waals surface area contributed by atoms with Gasteiger partial charge in [-0.3, -0.25) is 10.1 Å². The van der Waals surface area contributed by atoms with Crippen molar-refractivity contribution in [2.24, 2.45) is 0 Å². The summed E-state index contributed by atoms with van der Waals surface area (Å²) in [7, 11) is 0. The molecule has 5 heteroatoms. The van der Waals surface area contributed by atoms with Gasteiger partial charge < -0.3 is 9.64 Å². The standard InChI is InChI=1S/C13H20N2O2S/c1-9(2)17-7-6-15-12(16)8-14-13(15)11-5-4-10(3)18-11/h4-5,9,13-14H,6-8H2,1-3H3. The van der Waals surface area contributed by atoms with E-state index in [-0.39, 0.29) is 18.2 Å². The summed E-state index contributed by atoms with van der Waals surface area (Å²) < 4.78 is 5.52. The first-order valence-corrected chi connectivity index (χ1v) is 7.10. The molecule has 0 bridgehead atoms. The highest BCUT2D eigenvalue weighted by atomic mass is 32.1. The molecule has 0 radical (unpaired) electrons. The van der Waals surface area contributed by atoms with Crippen molar-refractivity contribution in [2.45, 2.75) is 33.0 Å². The van der Waals surface area contributed by atoms with Crippen LogP contribution in [0.15, 0.2) is 12.1 Å². The minimum Gasteiger partial charge on any atom is -0.377 e. The maximum absolute atomic E-state index is 11.9. The molecule has 1 aliphatic rings. The van der Waals surface area contributed by atoms with Gasteiger partial charge in [-0.05, 0) is 32.9 Å². The van der Waals surface area contributed by atoms with Crippen LogP contribution in [0, 0.1) is 6.92 Å². The third-order valence-electron chi connectivity index (χ3n) is 2.89. The fourth-order valence-corrected chi connectivity index (χ4v) is 3.00. The molecule has 1 atom stereocenters. The van der Waals surface area contributed by atoms with Gasteiger partial charge in [0.25, 0.3) is 0 Å². The van der Waals surface area contributed by atoms with Gasteiger partial charge in [0.2, 0.25) is 5.91 Å². The van der Waals surface area contributed by atoms with Gasteiger partial charge >= 0.3 is 0 Å². The molecule has 0 spiro atoms. The van der Waals surface area contributed by atoms with E-state index < -0.39 is 0 Å². The monoisotopic (exact) mass is 268 g/mol. The van der Waals surface area contributed by atoms with Gasteiger partial charge in [0.1, 0.15) is 6.17 Å².